The van der Waals surface area contributed by atoms with E-state index in [-0.39, 0.29) is 46.3 Å². The van der Waals surface area contributed by atoms with Crippen molar-refractivity contribution in [1.29, 1.82) is 0 Å². The highest BCUT2D eigenvalue weighted by atomic mass is 35.5. The van der Waals surface area contributed by atoms with E-state index in [9.17, 15) is 8.42 Å². The minimum atomic E-state index is -4.02. The van der Waals surface area contributed by atoms with Gasteiger partial charge in [-0.15, -0.1) is 5.10 Å². The Hall–Kier alpha value is -3.45. The molecule has 0 aliphatic rings. The first-order chi connectivity index (χ1) is 21.9. The standard InChI is InChI=1S/C34H46ClN5O5SSi/c1-24-10-12-25(13-11-24)29-30(39-46(41,42)28-16-14-26(15-17-28)33(2,3)4)40(18-19-45-47(8,9)34(5,6)7)38-31(29)43-20-21-44-32-36-22-27(35)23-37-32/h10-17,22-23,39H,18-21H2,1-9H3. The first-order valence-electron chi connectivity index (χ1n) is 15.6. The highest BCUT2D eigenvalue weighted by Gasteiger charge is 2.37. The maximum Gasteiger partial charge on any atom is 0.316 e. The zero-order valence-electron chi connectivity index (χ0n) is 28.7. The summed E-state index contributed by atoms with van der Waals surface area (Å²) in [4.78, 5) is 8.23. The van der Waals surface area contributed by atoms with Crippen LogP contribution in [-0.4, -0.2) is 56.3 Å². The van der Waals surface area contributed by atoms with Crippen molar-refractivity contribution in [3.63, 3.8) is 0 Å². The van der Waals surface area contributed by atoms with Gasteiger partial charge in [-0.3, -0.25) is 4.72 Å². The summed E-state index contributed by atoms with van der Waals surface area (Å²) in [7, 11) is -6.10. The number of rotatable bonds is 13. The van der Waals surface area contributed by atoms with Crippen LogP contribution in [-0.2, 0) is 26.4 Å². The Morgan fingerprint density at radius 3 is 2.04 bits per heavy atom. The fraction of sp³-hybridized carbons (Fsp3) is 0.441. The normalized spacial score (nSPS) is 12.6. The van der Waals surface area contributed by atoms with E-state index in [2.05, 4.69) is 69.3 Å². The van der Waals surface area contributed by atoms with Crippen molar-refractivity contribution in [1.82, 2.24) is 19.7 Å². The Balaban J connectivity index is 1.71. The minimum Gasteiger partial charge on any atom is -0.472 e. The highest BCUT2D eigenvalue weighted by molar-refractivity contribution is 7.92. The molecule has 0 aliphatic heterocycles. The molecule has 2 heterocycles. The van der Waals surface area contributed by atoms with Crippen LogP contribution < -0.4 is 14.2 Å². The number of anilines is 1. The van der Waals surface area contributed by atoms with E-state index in [0.717, 1.165) is 16.7 Å². The summed E-state index contributed by atoms with van der Waals surface area (Å²) in [5.41, 5.74) is 3.22. The van der Waals surface area contributed by atoms with Gasteiger partial charge < -0.3 is 13.9 Å². The van der Waals surface area contributed by atoms with Crippen LogP contribution in [0, 0.1) is 6.92 Å². The topological polar surface area (TPSA) is 117 Å². The molecule has 10 nitrogen and oxygen atoms in total. The third-order valence-electron chi connectivity index (χ3n) is 8.24. The molecule has 47 heavy (non-hydrogen) atoms. The molecule has 0 radical (unpaired) electrons. The largest absolute Gasteiger partial charge is 0.472 e. The monoisotopic (exact) mass is 699 g/mol. The molecule has 2 aromatic heterocycles. The van der Waals surface area contributed by atoms with E-state index in [4.69, 9.17) is 30.6 Å². The summed E-state index contributed by atoms with van der Waals surface area (Å²) >= 11 is 5.88. The van der Waals surface area contributed by atoms with Gasteiger partial charge in [0.05, 0.1) is 41.0 Å². The van der Waals surface area contributed by atoms with Crippen LogP contribution in [0.15, 0.2) is 65.8 Å². The second-order valence-corrected chi connectivity index (χ2v) is 20.9. The number of benzene rings is 2. The van der Waals surface area contributed by atoms with Crippen LogP contribution >= 0.6 is 11.6 Å². The van der Waals surface area contributed by atoms with Crippen LogP contribution in [0.4, 0.5) is 5.82 Å². The minimum absolute atomic E-state index is 0.00981. The zero-order chi connectivity index (χ0) is 34.6. The summed E-state index contributed by atoms with van der Waals surface area (Å²) in [6.07, 6.45) is 2.89. The number of hydrogen-bond acceptors (Lipinski definition) is 8. The number of ether oxygens (including phenoxy) is 2. The van der Waals surface area contributed by atoms with Crippen molar-refractivity contribution in [3.05, 3.63) is 77.1 Å². The summed E-state index contributed by atoms with van der Waals surface area (Å²) < 4.78 is 50.5. The van der Waals surface area contributed by atoms with Crippen LogP contribution in [0.1, 0.15) is 52.7 Å². The molecule has 0 aliphatic carbocycles. The van der Waals surface area contributed by atoms with Gasteiger partial charge in [0.25, 0.3) is 10.0 Å². The first-order valence-corrected chi connectivity index (χ1v) is 20.3. The molecule has 13 heteroatoms. The smallest absolute Gasteiger partial charge is 0.316 e. The SMILES string of the molecule is Cc1ccc(-c2c(OCCOc3ncc(Cl)cn3)nn(CCO[Si](C)(C)C(C)(C)C)c2NS(=O)(=O)c2ccc(C(C)(C)C)cc2)cc1. The average Bonchev–Trinajstić information content (AvgIpc) is 3.31. The molecule has 0 atom stereocenters. The van der Waals surface area contributed by atoms with Crippen molar-refractivity contribution in [3.8, 4) is 23.0 Å². The fourth-order valence-electron chi connectivity index (χ4n) is 4.36. The van der Waals surface area contributed by atoms with Gasteiger partial charge >= 0.3 is 6.01 Å². The number of aryl methyl sites for hydroxylation is 1. The third kappa shape index (κ3) is 9.34. The van der Waals surface area contributed by atoms with E-state index in [1.54, 1.807) is 16.8 Å². The van der Waals surface area contributed by atoms with E-state index < -0.39 is 18.3 Å². The molecule has 4 aromatic rings. The Kier molecular flexibility index (Phi) is 11.1. The molecule has 0 spiro atoms. The van der Waals surface area contributed by atoms with Gasteiger partial charge in [0.1, 0.15) is 19.0 Å². The van der Waals surface area contributed by atoms with Crippen LogP contribution in [0.3, 0.4) is 0 Å². The van der Waals surface area contributed by atoms with E-state index in [1.165, 1.54) is 12.4 Å². The van der Waals surface area contributed by atoms with Gasteiger partial charge in [0, 0.05) is 0 Å². The molecule has 4 rings (SSSR count). The van der Waals surface area contributed by atoms with Gasteiger partial charge in [0.15, 0.2) is 8.32 Å². The molecule has 0 bridgehead atoms. The lowest BCUT2D eigenvalue weighted by Gasteiger charge is -2.36. The maximum absolute atomic E-state index is 13.9. The average molecular weight is 700 g/mol. The van der Waals surface area contributed by atoms with Crippen molar-refractivity contribution in [2.75, 3.05) is 24.5 Å². The number of aromatic nitrogens is 4. The molecule has 1 N–H and O–H groups in total. The Morgan fingerprint density at radius 2 is 1.47 bits per heavy atom. The predicted octanol–water partition coefficient (Wildman–Crippen LogP) is 7.88. The van der Waals surface area contributed by atoms with E-state index in [1.807, 2.05) is 43.3 Å². The van der Waals surface area contributed by atoms with Gasteiger partial charge in [-0.2, -0.15) is 0 Å². The summed E-state index contributed by atoms with van der Waals surface area (Å²) in [5, 5.41) is 5.18. The Labute approximate surface area is 285 Å². The summed E-state index contributed by atoms with van der Waals surface area (Å²) in [6.45, 7) is 20.0. The molecule has 0 saturated carbocycles. The highest BCUT2D eigenvalue weighted by Crippen LogP contribution is 2.39. The van der Waals surface area contributed by atoms with Crippen molar-refractivity contribution < 1.29 is 22.3 Å². The number of halogens is 1. The second-order valence-electron chi connectivity index (χ2n) is 14.0. The lowest BCUT2D eigenvalue weighted by molar-refractivity contribution is 0.199. The Morgan fingerprint density at radius 1 is 0.872 bits per heavy atom. The van der Waals surface area contributed by atoms with Gasteiger partial charge in [-0.1, -0.05) is 95.1 Å². The van der Waals surface area contributed by atoms with Crippen LogP contribution in [0.25, 0.3) is 11.1 Å². The molecule has 0 saturated heterocycles. The number of nitrogens with one attached hydrogen (secondary N) is 1. The Bertz CT molecular complexity index is 1750. The molecule has 0 unspecified atom stereocenters. The second kappa shape index (κ2) is 14.3. The predicted molar refractivity (Wildman–Crippen MR) is 190 cm³/mol. The molecular formula is C34H46ClN5O5SSi. The van der Waals surface area contributed by atoms with Crippen LogP contribution in [0.2, 0.25) is 23.2 Å². The van der Waals surface area contributed by atoms with Crippen LogP contribution in [0.5, 0.6) is 11.9 Å². The number of nitrogens with zero attached hydrogens (tertiary/aromatic N) is 4. The molecule has 0 amide bonds. The molecular weight excluding hydrogens is 654 g/mol. The van der Waals surface area contributed by atoms with Gasteiger partial charge in [-0.25, -0.2) is 23.1 Å². The third-order valence-corrected chi connectivity index (χ3v) is 14.3. The maximum atomic E-state index is 13.9. The molecule has 254 valence electrons. The molecule has 0 fully saturated rings. The van der Waals surface area contributed by atoms with Gasteiger partial charge in [0.2, 0.25) is 5.88 Å². The van der Waals surface area contributed by atoms with E-state index >= 15 is 0 Å². The zero-order valence-corrected chi connectivity index (χ0v) is 31.3. The lowest BCUT2D eigenvalue weighted by atomic mass is 9.87. The van der Waals surface area contributed by atoms with Crippen molar-refractivity contribution in [2.24, 2.45) is 0 Å². The van der Waals surface area contributed by atoms with Crippen molar-refractivity contribution >= 4 is 35.8 Å². The lowest BCUT2D eigenvalue weighted by Crippen LogP contribution is -2.41. The van der Waals surface area contributed by atoms with Gasteiger partial charge in [-0.05, 0) is 53.7 Å². The fourth-order valence-corrected chi connectivity index (χ4v) is 6.56. The molecule has 2 aromatic carbocycles. The summed E-state index contributed by atoms with van der Waals surface area (Å²) in [6, 6.07) is 14.9. The number of hydrogen-bond donors (Lipinski definition) is 1. The van der Waals surface area contributed by atoms with E-state index in [0.29, 0.717) is 23.7 Å². The number of sulfonamides is 1. The first kappa shape index (κ1) is 36.4. The quantitative estimate of drug-likeness (QED) is 0.111. The van der Waals surface area contributed by atoms with Crippen molar-refractivity contribution in [2.45, 2.75) is 83.5 Å². The summed E-state index contributed by atoms with van der Waals surface area (Å²) in [5.74, 6) is 0.534.